The van der Waals surface area contributed by atoms with Crippen LogP contribution in [0.15, 0.2) is 48.5 Å². The SMILES string of the molecule is Cc1ccc(NC(=O)N2CCN(C(=O)c3cccc(C(=O)N4CCOCC4)c3)CC2)cc1. The summed E-state index contributed by atoms with van der Waals surface area (Å²) in [4.78, 5) is 43.5. The van der Waals surface area contributed by atoms with Gasteiger partial charge in [-0.05, 0) is 37.3 Å². The molecule has 2 aliphatic rings. The second kappa shape index (κ2) is 9.82. The Morgan fingerprint density at radius 3 is 1.88 bits per heavy atom. The molecule has 0 aliphatic carbocycles. The van der Waals surface area contributed by atoms with Gasteiger partial charge in [-0.15, -0.1) is 0 Å². The van der Waals surface area contributed by atoms with E-state index in [9.17, 15) is 14.4 Å². The highest BCUT2D eigenvalue weighted by molar-refractivity contribution is 6.00. The Labute approximate surface area is 187 Å². The van der Waals surface area contributed by atoms with Crippen LogP contribution in [0.5, 0.6) is 0 Å². The van der Waals surface area contributed by atoms with E-state index in [1.807, 2.05) is 31.2 Å². The average Bonchev–Trinajstić information content (AvgIpc) is 2.85. The summed E-state index contributed by atoms with van der Waals surface area (Å²) >= 11 is 0. The number of carbonyl (C=O) groups is 3. The largest absolute Gasteiger partial charge is 0.378 e. The van der Waals surface area contributed by atoms with E-state index < -0.39 is 0 Å². The minimum absolute atomic E-state index is 0.0828. The number of nitrogens with zero attached hydrogens (tertiary/aromatic N) is 3. The molecular formula is C24H28N4O4. The Hall–Kier alpha value is -3.39. The molecule has 2 saturated heterocycles. The summed E-state index contributed by atoms with van der Waals surface area (Å²) in [5, 5.41) is 2.90. The molecule has 4 rings (SSSR count). The number of anilines is 1. The van der Waals surface area contributed by atoms with Crippen LogP contribution in [0.3, 0.4) is 0 Å². The molecule has 4 amide bonds. The van der Waals surface area contributed by atoms with Gasteiger partial charge in [0.1, 0.15) is 0 Å². The van der Waals surface area contributed by atoms with Crippen molar-refractivity contribution >= 4 is 23.5 Å². The van der Waals surface area contributed by atoms with E-state index in [1.165, 1.54) is 0 Å². The normalized spacial score (nSPS) is 16.6. The number of piperazine rings is 1. The Kier molecular flexibility index (Phi) is 6.70. The first-order valence-corrected chi connectivity index (χ1v) is 10.9. The first-order valence-electron chi connectivity index (χ1n) is 10.9. The number of urea groups is 1. The van der Waals surface area contributed by atoms with Crippen LogP contribution in [0.1, 0.15) is 26.3 Å². The minimum Gasteiger partial charge on any atom is -0.378 e. The molecule has 168 valence electrons. The summed E-state index contributed by atoms with van der Waals surface area (Å²) in [5.74, 6) is -0.208. The molecule has 0 bridgehead atoms. The molecule has 0 spiro atoms. The molecule has 0 atom stereocenters. The molecular weight excluding hydrogens is 408 g/mol. The van der Waals surface area contributed by atoms with Gasteiger partial charge in [0.05, 0.1) is 13.2 Å². The Bertz CT molecular complexity index is 978. The van der Waals surface area contributed by atoms with Crippen LogP contribution in [-0.4, -0.2) is 85.0 Å². The molecule has 1 N–H and O–H groups in total. The Morgan fingerprint density at radius 1 is 0.750 bits per heavy atom. The van der Waals surface area contributed by atoms with Crippen molar-refractivity contribution in [2.45, 2.75) is 6.92 Å². The number of carbonyl (C=O) groups excluding carboxylic acids is 3. The van der Waals surface area contributed by atoms with E-state index >= 15 is 0 Å². The van der Waals surface area contributed by atoms with E-state index in [4.69, 9.17) is 4.74 Å². The van der Waals surface area contributed by atoms with Gasteiger partial charge in [-0.2, -0.15) is 0 Å². The third-order valence-corrected chi connectivity index (χ3v) is 5.81. The van der Waals surface area contributed by atoms with Crippen molar-refractivity contribution in [2.24, 2.45) is 0 Å². The maximum absolute atomic E-state index is 13.0. The van der Waals surface area contributed by atoms with Gasteiger partial charge in [0, 0.05) is 56.1 Å². The van der Waals surface area contributed by atoms with E-state index in [2.05, 4.69) is 5.32 Å². The minimum atomic E-state index is -0.168. The van der Waals surface area contributed by atoms with Crippen molar-refractivity contribution in [2.75, 3.05) is 57.8 Å². The fourth-order valence-electron chi connectivity index (χ4n) is 3.87. The third kappa shape index (κ3) is 5.08. The number of hydrogen-bond acceptors (Lipinski definition) is 4. The summed E-state index contributed by atoms with van der Waals surface area (Å²) in [7, 11) is 0. The van der Waals surface area contributed by atoms with E-state index in [0.717, 1.165) is 11.3 Å². The summed E-state index contributed by atoms with van der Waals surface area (Å²) in [5.41, 5.74) is 2.88. The fourth-order valence-corrected chi connectivity index (χ4v) is 3.87. The third-order valence-electron chi connectivity index (χ3n) is 5.81. The molecule has 0 unspecified atom stereocenters. The second-order valence-electron chi connectivity index (χ2n) is 8.06. The molecule has 2 fully saturated rings. The fraction of sp³-hybridized carbons (Fsp3) is 0.375. The monoisotopic (exact) mass is 436 g/mol. The zero-order valence-electron chi connectivity index (χ0n) is 18.3. The maximum atomic E-state index is 13.0. The van der Waals surface area contributed by atoms with Crippen LogP contribution in [-0.2, 0) is 4.74 Å². The van der Waals surface area contributed by atoms with Gasteiger partial charge in [-0.1, -0.05) is 23.8 Å². The maximum Gasteiger partial charge on any atom is 0.321 e. The molecule has 2 aromatic rings. The van der Waals surface area contributed by atoms with Crippen LogP contribution in [0.4, 0.5) is 10.5 Å². The topological polar surface area (TPSA) is 82.2 Å². The highest BCUT2D eigenvalue weighted by Gasteiger charge is 2.26. The van der Waals surface area contributed by atoms with Crippen LogP contribution >= 0.6 is 0 Å². The zero-order valence-corrected chi connectivity index (χ0v) is 18.3. The van der Waals surface area contributed by atoms with Crippen molar-refractivity contribution in [3.8, 4) is 0 Å². The number of nitrogens with one attached hydrogen (secondary N) is 1. The van der Waals surface area contributed by atoms with Crippen LogP contribution < -0.4 is 5.32 Å². The van der Waals surface area contributed by atoms with Crippen molar-refractivity contribution < 1.29 is 19.1 Å². The summed E-state index contributed by atoms with van der Waals surface area (Å²) in [6.07, 6.45) is 0. The Morgan fingerprint density at radius 2 is 1.28 bits per heavy atom. The summed E-state index contributed by atoms with van der Waals surface area (Å²) in [6, 6.07) is 14.4. The Balaban J connectivity index is 1.33. The number of ether oxygens (including phenoxy) is 1. The van der Waals surface area contributed by atoms with Crippen molar-refractivity contribution in [3.63, 3.8) is 0 Å². The second-order valence-corrected chi connectivity index (χ2v) is 8.06. The number of morpholine rings is 1. The van der Waals surface area contributed by atoms with Gasteiger partial charge in [-0.25, -0.2) is 4.79 Å². The van der Waals surface area contributed by atoms with Gasteiger partial charge in [0.2, 0.25) is 0 Å². The summed E-state index contributed by atoms with van der Waals surface area (Å²) < 4.78 is 5.30. The van der Waals surface area contributed by atoms with Crippen LogP contribution in [0.2, 0.25) is 0 Å². The molecule has 2 heterocycles. The molecule has 2 aromatic carbocycles. The van der Waals surface area contributed by atoms with E-state index in [1.54, 1.807) is 39.0 Å². The van der Waals surface area contributed by atoms with Gasteiger partial charge in [0.15, 0.2) is 0 Å². The van der Waals surface area contributed by atoms with Crippen LogP contribution in [0.25, 0.3) is 0 Å². The standard InChI is InChI=1S/C24H28N4O4/c1-18-5-7-21(8-6-18)25-24(31)28-11-9-26(10-12-28)22(29)19-3-2-4-20(17-19)23(30)27-13-15-32-16-14-27/h2-8,17H,9-16H2,1H3,(H,25,31). The number of benzene rings is 2. The highest BCUT2D eigenvalue weighted by Crippen LogP contribution is 2.15. The highest BCUT2D eigenvalue weighted by atomic mass is 16.5. The lowest BCUT2D eigenvalue weighted by atomic mass is 10.1. The van der Waals surface area contributed by atoms with E-state index in [0.29, 0.717) is 63.6 Å². The number of rotatable bonds is 3. The summed E-state index contributed by atoms with van der Waals surface area (Å²) in [6.45, 7) is 5.98. The number of amides is 4. The lowest BCUT2D eigenvalue weighted by Crippen LogP contribution is -2.51. The predicted molar refractivity (Wildman–Crippen MR) is 121 cm³/mol. The number of hydrogen-bond donors (Lipinski definition) is 1. The van der Waals surface area contributed by atoms with Gasteiger partial charge >= 0.3 is 6.03 Å². The molecule has 8 nitrogen and oxygen atoms in total. The van der Waals surface area contributed by atoms with Crippen molar-refractivity contribution in [1.82, 2.24) is 14.7 Å². The van der Waals surface area contributed by atoms with Gasteiger partial charge in [0.25, 0.3) is 11.8 Å². The lowest BCUT2D eigenvalue weighted by Gasteiger charge is -2.34. The van der Waals surface area contributed by atoms with Gasteiger partial charge < -0.3 is 24.8 Å². The lowest BCUT2D eigenvalue weighted by molar-refractivity contribution is 0.0303. The van der Waals surface area contributed by atoms with Crippen molar-refractivity contribution in [3.05, 3.63) is 65.2 Å². The average molecular weight is 437 g/mol. The first-order chi connectivity index (χ1) is 15.5. The molecule has 2 aliphatic heterocycles. The van der Waals surface area contributed by atoms with E-state index in [-0.39, 0.29) is 17.8 Å². The zero-order chi connectivity index (χ0) is 22.5. The molecule has 0 aromatic heterocycles. The van der Waals surface area contributed by atoms with Gasteiger partial charge in [-0.3, -0.25) is 9.59 Å². The molecule has 0 saturated carbocycles. The smallest absolute Gasteiger partial charge is 0.321 e. The predicted octanol–water partition coefficient (Wildman–Crippen LogP) is 2.46. The molecule has 0 radical (unpaired) electrons. The molecule has 32 heavy (non-hydrogen) atoms. The van der Waals surface area contributed by atoms with Crippen molar-refractivity contribution in [1.29, 1.82) is 0 Å². The first kappa shape index (κ1) is 21.8. The quantitative estimate of drug-likeness (QED) is 0.801. The van der Waals surface area contributed by atoms with Crippen LogP contribution in [0, 0.1) is 6.92 Å². The number of aryl methyl sites for hydroxylation is 1. The molecule has 8 heteroatoms.